The van der Waals surface area contributed by atoms with E-state index in [9.17, 15) is 18.8 Å². The Labute approximate surface area is 230 Å². The molecule has 4 aromatic rings. The SMILES string of the molecule is Cc1ccc(/C=C(\NC(=O)c2ccccc2)C(=O)Nc2cccc(SCC(=O)Nc3ccc(F)cc3)c2)cc1. The zero-order chi connectivity index (χ0) is 27.6. The number of nitrogens with one attached hydrogen (secondary N) is 3. The number of carbonyl (C=O) groups is 3. The fourth-order valence-corrected chi connectivity index (χ4v) is 4.27. The lowest BCUT2D eigenvalue weighted by molar-refractivity contribution is -0.114. The molecule has 0 heterocycles. The van der Waals surface area contributed by atoms with E-state index in [4.69, 9.17) is 0 Å². The normalized spacial score (nSPS) is 11.0. The maximum atomic E-state index is 13.3. The molecule has 0 aliphatic carbocycles. The molecule has 0 unspecified atom stereocenters. The summed E-state index contributed by atoms with van der Waals surface area (Å²) in [6.07, 6.45) is 1.62. The number of halogens is 1. The predicted octanol–water partition coefficient (Wildman–Crippen LogP) is 6.27. The molecule has 0 spiro atoms. The highest BCUT2D eigenvalue weighted by molar-refractivity contribution is 8.00. The standard InChI is InChI=1S/C31H26FN3O3S/c1-21-10-12-22(13-11-21)18-28(35-30(37)23-6-3-2-4-7-23)31(38)34-26-8-5-9-27(19-26)39-20-29(36)33-25-16-14-24(32)15-17-25/h2-19H,20H2,1H3,(H,33,36)(H,34,38)(H,35,37)/b28-18-. The quantitative estimate of drug-likeness (QED) is 0.173. The molecule has 0 saturated heterocycles. The van der Waals surface area contributed by atoms with Gasteiger partial charge in [0.25, 0.3) is 11.8 Å². The van der Waals surface area contributed by atoms with Crippen molar-refractivity contribution in [1.82, 2.24) is 5.32 Å². The minimum atomic E-state index is -0.490. The zero-order valence-corrected chi connectivity index (χ0v) is 21.9. The molecule has 0 atom stereocenters. The van der Waals surface area contributed by atoms with Crippen molar-refractivity contribution in [2.24, 2.45) is 0 Å². The lowest BCUT2D eigenvalue weighted by Gasteiger charge is -2.12. The third-order valence-corrected chi connectivity index (χ3v) is 6.50. The Bertz CT molecular complexity index is 1490. The molecule has 0 aliphatic rings. The van der Waals surface area contributed by atoms with E-state index in [-0.39, 0.29) is 23.2 Å². The van der Waals surface area contributed by atoms with Crippen molar-refractivity contribution in [2.45, 2.75) is 11.8 Å². The third-order valence-electron chi connectivity index (χ3n) is 5.51. The van der Waals surface area contributed by atoms with Gasteiger partial charge in [0.1, 0.15) is 11.5 Å². The lowest BCUT2D eigenvalue weighted by atomic mass is 10.1. The number of hydrogen-bond acceptors (Lipinski definition) is 4. The molecule has 0 radical (unpaired) electrons. The van der Waals surface area contributed by atoms with E-state index in [1.165, 1.54) is 36.0 Å². The lowest BCUT2D eigenvalue weighted by Crippen LogP contribution is -2.30. The first-order valence-electron chi connectivity index (χ1n) is 12.1. The van der Waals surface area contributed by atoms with Crippen molar-refractivity contribution in [3.05, 3.63) is 131 Å². The number of thioether (sulfide) groups is 1. The van der Waals surface area contributed by atoms with Gasteiger partial charge in [0.15, 0.2) is 0 Å². The molecular formula is C31H26FN3O3S. The average molecular weight is 540 g/mol. The number of hydrogen-bond donors (Lipinski definition) is 3. The van der Waals surface area contributed by atoms with Gasteiger partial charge in [-0.05, 0) is 73.2 Å². The van der Waals surface area contributed by atoms with Crippen molar-refractivity contribution in [3.8, 4) is 0 Å². The molecule has 8 heteroatoms. The van der Waals surface area contributed by atoms with Gasteiger partial charge in [0.05, 0.1) is 5.75 Å². The Balaban J connectivity index is 1.44. The van der Waals surface area contributed by atoms with Crippen LogP contribution in [0, 0.1) is 12.7 Å². The average Bonchev–Trinajstić information content (AvgIpc) is 2.94. The number of amides is 3. The second-order valence-corrected chi connectivity index (χ2v) is 9.66. The summed E-state index contributed by atoms with van der Waals surface area (Å²) in [6.45, 7) is 1.97. The Morgan fingerprint density at radius 1 is 0.795 bits per heavy atom. The van der Waals surface area contributed by atoms with E-state index < -0.39 is 11.8 Å². The van der Waals surface area contributed by atoms with Gasteiger partial charge in [-0.1, -0.05) is 54.1 Å². The number of anilines is 2. The van der Waals surface area contributed by atoms with Crippen LogP contribution in [0.1, 0.15) is 21.5 Å². The summed E-state index contributed by atoms with van der Waals surface area (Å²) in [5.41, 5.74) is 3.37. The van der Waals surface area contributed by atoms with Crippen LogP contribution in [0.15, 0.2) is 114 Å². The number of carbonyl (C=O) groups excluding carboxylic acids is 3. The summed E-state index contributed by atoms with van der Waals surface area (Å²) < 4.78 is 13.1. The Morgan fingerprint density at radius 2 is 1.51 bits per heavy atom. The summed E-state index contributed by atoms with van der Waals surface area (Å²) in [5, 5.41) is 8.27. The van der Waals surface area contributed by atoms with E-state index in [0.29, 0.717) is 16.9 Å². The van der Waals surface area contributed by atoms with Gasteiger partial charge in [-0.2, -0.15) is 0 Å². The minimum absolute atomic E-state index is 0.0874. The molecule has 0 aliphatic heterocycles. The van der Waals surface area contributed by atoms with Gasteiger partial charge >= 0.3 is 0 Å². The molecular weight excluding hydrogens is 513 g/mol. The Morgan fingerprint density at radius 3 is 2.23 bits per heavy atom. The molecule has 0 bridgehead atoms. The maximum Gasteiger partial charge on any atom is 0.272 e. The van der Waals surface area contributed by atoms with E-state index in [0.717, 1.165) is 16.0 Å². The molecule has 39 heavy (non-hydrogen) atoms. The van der Waals surface area contributed by atoms with Crippen molar-refractivity contribution in [3.63, 3.8) is 0 Å². The second kappa shape index (κ2) is 13.2. The van der Waals surface area contributed by atoms with Crippen LogP contribution in [0.4, 0.5) is 15.8 Å². The first-order valence-corrected chi connectivity index (χ1v) is 13.1. The van der Waals surface area contributed by atoms with Crippen molar-refractivity contribution in [1.29, 1.82) is 0 Å². The minimum Gasteiger partial charge on any atom is -0.325 e. The summed E-state index contributed by atoms with van der Waals surface area (Å²) in [7, 11) is 0. The predicted molar refractivity (Wildman–Crippen MR) is 154 cm³/mol. The zero-order valence-electron chi connectivity index (χ0n) is 21.1. The molecule has 3 N–H and O–H groups in total. The monoisotopic (exact) mass is 539 g/mol. The molecule has 0 fully saturated rings. The van der Waals surface area contributed by atoms with Gasteiger partial charge in [0.2, 0.25) is 5.91 Å². The summed E-state index contributed by atoms with van der Waals surface area (Å²) in [5.74, 6) is -1.39. The summed E-state index contributed by atoms with van der Waals surface area (Å²) in [4.78, 5) is 39.1. The van der Waals surface area contributed by atoms with Crippen molar-refractivity contribution in [2.75, 3.05) is 16.4 Å². The fourth-order valence-electron chi connectivity index (χ4n) is 3.51. The molecule has 3 amide bonds. The topological polar surface area (TPSA) is 87.3 Å². The Hall–Kier alpha value is -4.69. The highest BCUT2D eigenvalue weighted by Crippen LogP contribution is 2.23. The van der Waals surface area contributed by atoms with Gasteiger partial charge < -0.3 is 16.0 Å². The first-order chi connectivity index (χ1) is 18.9. The van der Waals surface area contributed by atoms with Crippen LogP contribution in [0.3, 0.4) is 0 Å². The van der Waals surface area contributed by atoms with Gasteiger partial charge in [-0.25, -0.2) is 4.39 Å². The van der Waals surface area contributed by atoms with Crippen LogP contribution in [0.5, 0.6) is 0 Å². The molecule has 196 valence electrons. The van der Waals surface area contributed by atoms with E-state index in [2.05, 4.69) is 16.0 Å². The summed E-state index contributed by atoms with van der Waals surface area (Å²) >= 11 is 1.29. The Kier molecular flexibility index (Phi) is 9.26. The van der Waals surface area contributed by atoms with Crippen molar-refractivity contribution >= 4 is 46.9 Å². The van der Waals surface area contributed by atoms with Crippen molar-refractivity contribution < 1.29 is 18.8 Å². The fraction of sp³-hybridized carbons (Fsp3) is 0.0645. The van der Waals surface area contributed by atoms with Gasteiger partial charge in [-0.15, -0.1) is 11.8 Å². The third kappa shape index (κ3) is 8.41. The van der Waals surface area contributed by atoms with Crippen LogP contribution in [0.2, 0.25) is 0 Å². The number of aryl methyl sites for hydroxylation is 1. The molecule has 0 saturated carbocycles. The van der Waals surface area contributed by atoms with E-state index >= 15 is 0 Å². The van der Waals surface area contributed by atoms with Crippen LogP contribution in [-0.2, 0) is 9.59 Å². The van der Waals surface area contributed by atoms with E-state index in [1.54, 1.807) is 48.5 Å². The maximum absolute atomic E-state index is 13.3. The highest BCUT2D eigenvalue weighted by Gasteiger charge is 2.15. The van der Waals surface area contributed by atoms with Crippen LogP contribution < -0.4 is 16.0 Å². The van der Waals surface area contributed by atoms with Gasteiger partial charge in [0, 0.05) is 21.8 Å². The molecule has 6 nitrogen and oxygen atoms in total. The number of benzene rings is 4. The number of rotatable bonds is 9. The molecule has 0 aromatic heterocycles. The van der Waals surface area contributed by atoms with Crippen LogP contribution in [-0.4, -0.2) is 23.5 Å². The summed E-state index contributed by atoms with van der Waals surface area (Å²) in [6, 6.07) is 28.8. The smallest absolute Gasteiger partial charge is 0.272 e. The van der Waals surface area contributed by atoms with E-state index in [1.807, 2.05) is 43.3 Å². The molecule has 4 rings (SSSR count). The van der Waals surface area contributed by atoms with Crippen LogP contribution >= 0.6 is 11.8 Å². The van der Waals surface area contributed by atoms with Gasteiger partial charge in [-0.3, -0.25) is 14.4 Å². The highest BCUT2D eigenvalue weighted by atomic mass is 32.2. The largest absolute Gasteiger partial charge is 0.325 e. The van der Waals surface area contributed by atoms with Crippen LogP contribution in [0.25, 0.3) is 6.08 Å². The second-order valence-electron chi connectivity index (χ2n) is 8.61. The first kappa shape index (κ1) is 27.3. The molecule has 4 aromatic carbocycles.